The standard InChI is InChI=1S/C15H13FN4O3.C15H15FN4O.C11H7ClFN3O2.C6H3F2NO2.C5H5ClN2.C4H7NO.B12/c16-12-8-11(20(22)23)3-4-13(12)18-10-5-6-17-14(7-10)19-15(21)9-1-2-9;16-12-7-10(17)3-4-13(12)19-11-5-6-18-14(8-11)20-15(21)9-1-2-9;12-11-5-7(3-4-14-11)15-10-2-1-8(16(17)18)6-9(10)13;7-5-2-1-4(9(10)11)3-6(5)8;6-5-3-4(7)1-2-8-5;5-4(6)3-1-2-3;1-8(2)11(7)12(9(3)4)10(5)6/h3-9H,1-2H2,(H2,17,18,19,21);3-9H,1-2,17H2,(H2,18,19,20,21);1-6H,(H,14,15);1-3H;1-3H,(H2,7,8);3H,1-2H2,(H2,5,6);. The van der Waals surface area contributed by atoms with Gasteiger partial charge in [-0.3, -0.25) is 44.7 Å². The number of carbonyl (C=O) groups is 3. The highest BCUT2D eigenvalue weighted by Crippen LogP contribution is 2.33. The van der Waals surface area contributed by atoms with Crippen molar-refractivity contribution in [3.63, 3.8) is 0 Å². The van der Waals surface area contributed by atoms with Gasteiger partial charge in [0, 0.05) is 187 Å². The van der Waals surface area contributed by atoms with E-state index in [4.69, 9.17) is 94.6 Å². The van der Waals surface area contributed by atoms with Crippen molar-refractivity contribution in [1.82, 2.24) is 19.9 Å². The fourth-order valence-corrected chi connectivity index (χ4v) is 8.08. The summed E-state index contributed by atoms with van der Waals surface area (Å²) in [6, 6.07) is 26.2. The van der Waals surface area contributed by atoms with E-state index in [0.717, 1.165) is 56.7 Å². The van der Waals surface area contributed by atoms with Gasteiger partial charge in [-0.25, -0.2) is 41.9 Å². The summed E-state index contributed by atoms with van der Waals surface area (Å²) in [6.07, 6.45) is 8.53. The normalized spacial score (nSPS) is 12.0. The molecule has 4 aromatic carbocycles. The van der Waals surface area contributed by atoms with Crippen LogP contribution in [0.1, 0.15) is 38.5 Å². The molecule has 0 bridgehead atoms. The number of nitrogens with two attached hydrogens (primary N) is 3. The molecule has 3 aliphatic carbocycles. The van der Waals surface area contributed by atoms with Crippen LogP contribution in [0.3, 0.4) is 0 Å². The molecule has 0 saturated heterocycles. The zero-order valence-electron chi connectivity index (χ0n) is 51.9. The summed E-state index contributed by atoms with van der Waals surface area (Å²) < 4.78 is 65.6. The number of pyridine rings is 4. The lowest BCUT2D eigenvalue weighted by atomic mass is 8.53. The molecule has 3 aliphatic rings. The van der Waals surface area contributed by atoms with E-state index in [0.29, 0.717) is 63.0 Å². The zero-order chi connectivity index (χ0) is 73.2. The summed E-state index contributed by atoms with van der Waals surface area (Å²) in [4.78, 5) is 77.9. The predicted molar refractivity (Wildman–Crippen MR) is 385 cm³/mol. The molecule has 43 heteroatoms. The third-order valence-electron chi connectivity index (χ3n) is 13.4. The highest BCUT2D eigenvalue weighted by molar-refractivity contribution is 8.05. The third-order valence-corrected chi connectivity index (χ3v) is 13.8. The maximum absolute atomic E-state index is 13.9. The van der Waals surface area contributed by atoms with Gasteiger partial charge in [0.15, 0.2) is 23.3 Å². The molecule has 4 aromatic heterocycles. The number of nitro groups is 3. The van der Waals surface area contributed by atoms with Crippen LogP contribution in [0.4, 0.5) is 96.1 Å². The summed E-state index contributed by atoms with van der Waals surface area (Å²) in [6.45, 7) is 0. The van der Waals surface area contributed by atoms with Crippen LogP contribution >= 0.6 is 23.2 Å². The maximum Gasteiger partial charge on any atom is 0.272 e. The van der Waals surface area contributed by atoms with Gasteiger partial charge < -0.3 is 43.8 Å². The molecule has 3 saturated carbocycles. The van der Waals surface area contributed by atoms with Gasteiger partial charge in [0.1, 0.15) is 27.8 Å². The molecule has 0 atom stereocenters. The molecular weight excluding hydrogens is 1320 g/mol. The first kappa shape index (κ1) is 79.8. The molecule has 99 heavy (non-hydrogen) atoms. The maximum atomic E-state index is 13.9. The summed E-state index contributed by atoms with van der Waals surface area (Å²) in [5.74, 6) is -3.17. The largest absolute Gasteiger partial charge is 0.399 e. The Morgan fingerprint density at radius 3 is 1.10 bits per heavy atom. The average Bonchev–Trinajstić information content (AvgIpc) is 1.85. The number of rotatable bonds is 18. The van der Waals surface area contributed by atoms with Crippen LogP contribution in [0.15, 0.2) is 146 Å². The van der Waals surface area contributed by atoms with Crippen LogP contribution in [0.25, 0.3) is 0 Å². The number of hydrogen-bond donors (Lipinski definition) is 8. The first-order valence-electron chi connectivity index (χ1n) is 29.2. The highest BCUT2D eigenvalue weighted by atomic mass is 35.5. The van der Waals surface area contributed by atoms with Crippen molar-refractivity contribution in [2.75, 3.05) is 38.1 Å². The van der Waals surface area contributed by atoms with Gasteiger partial charge in [0.05, 0.1) is 50.0 Å². The van der Waals surface area contributed by atoms with Gasteiger partial charge in [-0.15, -0.1) is 0 Å². The van der Waals surface area contributed by atoms with Gasteiger partial charge in [0.2, 0.25) is 17.7 Å². The lowest BCUT2D eigenvalue weighted by Gasteiger charge is -2.29. The van der Waals surface area contributed by atoms with E-state index in [1.165, 1.54) is 48.8 Å². The molecule has 3 fully saturated rings. The van der Waals surface area contributed by atoms with E-state index < -0.39 is 81.5 Å². The molecule has 0 aliphatic heterocycles. The SMILES string of the molecule is NC(=O)C1CC1.Nc1ccc(Nc2ccnc(NC(=O)C3CC3)c2)c(F)c1.Nc1ccnc(Cl)c1.O=C(Nc1cc(Nc2ccc([N+](=O)[O-])cc2F)ccn1)C1CC1.O=[N+]([O-])c1ccc(F)c(F)c1.O=[N+]([O-])c1ccc(Nc2ccnc(Cl)c2)c(F)c1.[B]B([B])B([B])B(B([B])[B])B([B])[B]. The van der Waals surface area contributed by atoms with Crippen molar-refractivity contribution < 1.29 is 51.1 Å². The number of halogens is 7. The molecule has 0 unspecified atom stereocenters. The molecule has 3 amide bonds. The van der Waals surface area contributed by atoms with Crippen LogP contribution in [-0.2, 0) is 14.4 Å². The van der Waals surface area contributed by atoms with Crippen LogP contribution < -0.4 is 43.8 Å². The molecule has 0 spiro atoms. The number of carbonyl (C=O) groups excluding carboxylic acids is 3. The second-order valence-electron chi connectivity index (χ2n) is 21.5. The van der Waals surface area contributed by atoms with Crippen molar-refractivity contribution in [1.29, 1.82) is 0 Å². The Hall–Kier alpha value is -9.90. The van der Waals surface area contributed by atoms with Crippen LogP contribution in [0.2, 0.25) is 10.3 Å². The number of primary amides is 1. The van der Waals surface area contributed by atoms with E-state index in [1.54, 1.807) is 67.0 Å². The molecular formula is C56H50B12Cl2F5N15O9. The Bertz CT molecular complexity index is 4100. The fraction of sp³-hybridized carbons (Fsp3) is 0.161. The summed E-state index contributed by atoms with van der Waals surface area (Å²) >= 11 is 11.1. The molecule has 14 radical (unpaired) electrons. The van der Waals surface area contributed by atoms with Crippen molar-refractivity contribution in [3.05, 3.63) is 216 Å². The Morgan fingerprint density at radius 1 is 0.444 bits per heavy atom. The molecule has 8 aromatic rings. The topological polar surface area (TPSA) is 370 Å². The minimum Gasteiger partial charge on any atom is -0.399 e. The number of nitrogens with one attached hydrogen (secondary N) is 5. The van der Waals surface area contributed by atoms with E-state index in [1.807, 2.05) is 0 Å². The minimum atomic E-state index is -1.21. The van der Waals surface area contributed by atoms with Crippen LogP contribution in [0, 0.1) is 77.2 Å². The zero-order valence-corrected chi connectivity index (χ0v) is 53.5. The van der Waals surface area contributed by atoms with Gasteiger partial charge >= 0.3 is 0 Å². The van der Waals surface area contributed by atoms with Gasteiger partial charge in [-0.1, -0.05) is 23.2 Å². The summed E-state index contributed by atoms with van der Waals surface area (Å²) in [5, 5.41) is 45.7. The first-order valence-corrected chi connectivity index (χ1v) is 30.0. The molecule has 11 rings (SSSR count). The second kappa shape index (κ2) is 38.9. The second-order valence-corrected chi connectivity index (χ2v) is 22.3. The van der Waals surface area contributed by atoms with Crippen molar-refractivity contribution in [2.24, 2.45) is 23.5 Å². The molecule has 4 heterocycles. The van der Waals surface area contributed by atoms with Crippen LogP contribution in [0.5, 0.6) is 0 Å². The van der Waals surface area contributed by atoms with E-state index >= 15 is 0 Å². The monoisotopic (exact) mass is 1370 g/mol. The molecule has 11 N–H and O–H groups in total. The number of nitro benzene ring substituents is 3. The Labute approximate surface area is 585 Å². The van der Waals surface area contributed by atoms with Crippen molar-refractivity contribution >= 4 is 201 Å². The first-order chi connectivity index (χ1) is 46.8. The van der Waals surface area contributed by atoms with E-state index in [2.05, 4.69) is 46.5 Å². The molecule has 488 valence electrons. The highest BCUT2D eigenvalue weighted by Gasteiger charge is 2.32. The third kappa shape index (κ3) is 28.6. The van der Waals surface area contributed by atoms with Gasteiger partial charge in [-0.2, -0.15) is 0 Å². The van der Waals surface area contributed by atoms with Crippen molar-refractivity contribution in [3.8, 4) is 0 Å². The summed E-state index contributed by atoms with van der Waals surface area (Å²) in [7, 11) is 37.9. The Balaban J connectivity index is 0.000000217. The minimum absolute atomic E-state index is 0.0154. The number of aromatic nitrogens is 4. The number of amides is 3. The van der Waals surface area contributed by atoms with E-state index in [-0.39, 0.29) is 63.4 Å². The fourth-order valence-electron chi connectivity index (χ4n) is 7.73. The van der Waals surface area contributed by atoms with E-state index in [9.17, 15) is 66.7 Å². The Kier molecular flexibility index (Phi) is 31.3. The Morgan fingerprint density at radius 2 is 0.798 bits per heavy atom. The number of benzene rings is 4. The summed E-state index contributed by atoms with van der Waals surface area (Å²) in [5.41, 5.74) is 17.9. The number of anilines is 10. The lowest BCUT2D eigenvalue weighted by Crippen LogP contribution is -2.67. The number of hydrogen-bond acceptors (Lipinski definition) is 18. The van der Waals surface area contributed by atoms with Gasteiger partial charge in [-0.05, 0) is 111 Å². The van der Waals surface area contributed by atoms with Crippen molar-refractivity contribution in [2.45, 2.75) is 38.5 Å². The van der Waals surface area contributed by atoms with Gasteiger partial charge in [0.25, 0.3) is 17.1 Å². The van der Waals surface area contributed by atoms with Crippen LogP contribution in [-0.4, -0.2) is 139 Å². The predicted octanol–water partition coefficient (Wildman–Crippen LogP) is 8.14. The quantitative estimate of drug-likeness (QED) is 0.0100. The number of nitrogen functional groups attached to an aromatic ring is 2. The number of non-ortho nitro benzene ring substituents is 3. The average molecular weight is 1370 g/mol. The molecule has 24 nitrogen and oxygen atoms in total. The number of nitrogens with zero attached hydrogens (tertiary/aromatic N) is 7. The smallest absolute Gasteiger partial charge is 0.272 e. The lowest BCUT2D eigenvalue weighted by molar-refractivity contribution is -0.385.